The number of nitrogens with one attached hydrogen (secondary N) is 3. The Morgan fingerprint density at radius 3 is 2.56 bits per heavy atom. The lowest BCUT2D eigenvalue weighted by Gasteiger charge is -2.28. The number of benzene rings is 1. The van der Waals surface area contributed by atoms with E-state index in [2.05, 4.69) is 32.5 Å². The average molecular weight is 578 g/mol. The monoisotopic (exact) mass is 577 g/mol. The fourth-order valence-corrected chi connectivity index (χ4v) is 5.91. The zero-order valence-electron chi connectivity index (χ0n) is 23.8. The Morgan fingerprint density at radius 2 is 1.88 bits per heavy atom. The molecule has 3 N–H and O–H groups in total. The molecule has 1 atom stereocenters. The van der Waals surface area contributed by atoms with E-state index in [9.17, 15) is 14.4 Å². The molecular weight excluding hydrogens is 542 g/mol. The van der Waals surface area contributed by atoms with Crippen LogP contribution in [0.25, 0.3) is 0 Å². The third kappa shape index (κ3) is 6.47. The van der Waals surface area contributed by atoms with Gasteiger partial charge in [-0.15, -0.1) is 0 Å². The maximum absolute atomic E-state index is 13.6. The van der Waals surface area contributed by atoms with E-state index in [1.165, 1.54) is 6.20 Å². The van der Waals surface area contributed by atoms with Crippen LogP contribution < -0.4 is 15.4 Å². The molecule has 0 spiro atoms. The first-order valence-electron chi connectivity index (χ1n) is 13.9. The zero-order chi connectivity index (χ0) is 29.3. The molecule has 9 nitrogen and oxygen atoms in total. The smallest absolute Gasteiger partial charge is 0.268 e. The van der Waals surface area contributed by atoms with Crippen molar-refractivity contribution in [3.63, 3.8) is 0 Å². The highest BCUT2D eigenvalue weighted by molar-refractivity contribution is 6.31. The predicted molar refractivity (Wildman–Crippen MR) is 158 cm³/mol. The molecule has 0 saturated carbocycles. The number of hydrogen-bond donors (Lipinski definition) is 3. The van der Waals surface area contributed by atoms with Crippen molar-refractivity contribution >= 4 is 34.9 Å². The van der Waals surface area contributed by atoms with Gasteiger partial charge in [0.15, 0.2) is 5.78 Å². The second-order valence-corrected chi connectivity index (χ2v) is 12.2. The van der Waals surface area contributed by atoms with Crippen LogP contribution in [0.1, 0.15) is 76.8 Å². The quantitative estimate of drug-likeness (QED) is 0.359. The SMILES string of the molecule is Cc1c(C(=O)NC(C(=O)Nc2ccc(OC3CCN(C)CC3)nc2)c2ccccc2Cl)[nH]c2c1C(=O)CC(C)(C)C2. The topological polar surface area (TPSA) is 116 Å². The Bertz CT molecular complexity index is 1460. The molecule has 2 aromatic heterocycles. The maximum atomic E-state index is 13.6. The number of pyridine rings is 1. The van der Waals surface area contributed by atoms with Crippen molar-refractivity contribution in [2.75, 3.05) is 25.5 Å². The van der Waals surface area contributed by atoms with Crippen LogP contribution in [0.4, 0.5) is 5.69 Å². The standard InChI is InChI=1S/C31H36ClN5O4/c1-18-26-23(15-31(2,3)16-24(26)38)35-27(18)29(39)36-28(21-7-5-6-8-22(21)32)30(40)34-19-9-10-25(33-17-19)41-20-11-13-37(4)14-12-20/h5-10,17,20,28,35H,11-16H2,1-4H3,(H,34,40)(H,36,39). The van der Waals surface area contributed by atoms with Crippen LogP contribution in [0.5, 0.6) is 5.88 Å². The van der Waals surface area contributed by atoms with Gasteiger partial charge in [-0.1, -0.05) is 43.6 Å². The van der Waals surface area contributed by atoms with Gasteiger partial charge in [0.05, 0.1) is 11.9 Å². The predicted octanol–water partition coefficient (Wildman–Crippen LogP) is 5.11. The van der Waals surface area contributed by atoms with Gasteiger partial charge in [0, 0.05) is 47.4 Å². The molecule has 0 radical (unpaired) electrons. The van der Waals surface area contributed by atoms with Crippen molar-refractivity contribution in [1.29, 1.82) is 0 Å². The molecule has 41 heavy (non-hydrogen) atoms. The minimum absolute atomic E-state index is 0.0141. The highest BCUT2D eigenvalue weighted by Crippen LogP contribution is 2.37. The fourth-order valence-electron chi connectivity index (χ4n) is 5.67. The molecule has 216 valence electrons. The molecular formula is C31H36ClN5O4. The van der Waals surface area contributed by atoms with Gasteiger partial charge in [-0.25, -0.2) is 4.98 Å². The van der Waals surface area contributed by atoms with Crippen LogP contribution in [0.3, 0.4) is 0 Å². The summed E-state index contributed by atoms with van der Waals surface area (Å²) < 4.78 is 6.01. The number of hydrogen-bond acceptors (Lipinski definition) is 6. The van der Waals surface area contributed by atoms with Gasteiger partial charge < -0.3 is 25.3 Å². The minimum atomic E-state index is -1.10. The number of fused-ring (bicyclic) bond motifs is 1. The van der Waals surface area contributed by atoms with Crippen molar-refractivity contribution in [2.45, 2.75) is 58.6 Å². The van der Waals surface area contributed by atoms with Gasteiger partial charge in [0.25, 0.3) is 11.8 Å². The van der Waals surface area contributed by atoms with Gasteiger partial charge in [0.1, 0.15) is 17.8 Å². The van der Waals surface area contributed by atoms with E-state index in [0.29, 0.717) is 46.1 Å². The number of rotatable bonds is 7. The first kappa shape index (κ1) is 28.8. The Hall–Kier alpha value is -3.69. The average Bonchev–Trinajstić information content (AvgIpc) is 3.25. The van der Waals surface area contributed by atoms with Crippen molar-refractivity contribution in [2.24, 2.45) is 5.41 Å². The van der Waals surface area contributed by atoms with E-state index in [-0.39, 0.29) is 23.0 Å². The van der Waals surface area contributed by atoms with Crippen molar-refractivity contribution in [3.8, 4) is 5.88 Å². The lowest BCUT2D eigenvalue weighted by atomic mass is 9.75. The largest absolute Gasteiger partial charge is 0.474 e. The van der Waals surface area contributed by atoms with Gasteiger partial charge in [-0.2, -0.15) is 0 Å². The molecule has 5 rings (SSSR count). The summed E-state index contributed by atoms with van der Waals surface area (Å²) in [4.78, 5) is 49.8. The number of ketones is 1. The number of nitrogens with zero attached hydrogens (tertiary/aromatic N) is 2. The number of ether oxygens (including phenoxy) is 1. The summed E-state index contributed by atoms with van der Waals surface area (Å²) in [6.07, 6.45) is 4.59. The highest BCUT2D eigenvalue weighted by Gasteiger charge is 2.36. The Balaban J connectivity index is 1.33. The summed E-state index contributed by atoms with van der Waals surface area (Å²) in [6.45, 7) is 7.78. The number of Topliss-reactive ketones (excluding diaryl/α,β-unsaturated/α-hetero) is 1. The summed E-state index contributed by atoms with van der Waals surface area (Å²) in [5, 5.41) is 6.02. The number of carbonyl (C=O) groups is 3. The normalized spacial score (nSPS) is 17.9. The molecule has 3 heterocycles. The minimum Gasteiger partial charge on any atom is -0.474 e. The molecule has 0 bridgehead atoms. The maximum Gasteiger partial charge on any atom is 0.268 e. The lowest BCUT2D eigenvalue weighted by Crippen LogP contribution is -2.37. The van der Waals surface area contributed by atoms with Crippen LogP contribution in [-0.4, -0.2) is 58.7 Å². The number of aromatic amines is 1. The van der Waals surface area contributed by atoms with Crippen molar-refractivity contribution in [3.05, 3.63) is 75.7 Å². The summed E-state index contributed by atoms with van der Waals surface area (Å²) in [7, 11) is 2.10. The first-order valence-corrected chi connectivity index (χ1v) is 14.3. The first-order chi connectivity index (χ1) is 19.5. The summed E-state index contributed by atoms with van der Waals surface area (Å²) in [5.74, 6) is -0.469. The second kappa shape index (κ2) is 11.7. The van der Waals surface area contributed by atoms with Gasteiger partial charge in [0.2, 0.25) is 5.88 Å². The van der Waals surface area contributed by atoms with Gasteiger partial charge in [-0.05, 0) is 56.3 Å². The number of piperidine rings is 1. The number of H-pyrrole nitrogens is 1. The number of anilines is 1. The van der Waals surface area contributed by atoms with Crippen LogP contribution >= 0.6 is 11.6 Å². The summed E-state index contributed by atoms with van der Waals surface area (Å²) >= 11 is 6.47. The number of halogens is 1. The van der Waals surface area contributed by atoms with Crippen LogP contribution in [-0.2, 0) is 11.2 Å². The third-order valence-corrected chi connectivity index (χ3v) is 8.18. The number of amides is 2. The van der Waals surface area contributed by atoms with E-state index in [1.807, 2.05) is 13.8 Å². The molecule has 1 fully saturated rings. The number of aromatic nitrogens is 2. The third-order valence-electron chi connectivity index (χ3n) is 7.84. The molecule has 10 heteroatoms. The molecule has 1 saturated heterocycles. The van der Waals surface area contributed by atoms with Crippen LogP contribution in [0, 0.1) is 12.3 Å². The molecule has 2 amide bonds. The molecule has 3 aromatic rings. The van der Waals surface area contributed by atoms with E-state index in [4.69, 9.17) is 16.3 Å². The Labute approximate surface area is 245 Å². The van der Waals surface area contributed by atoms with Crippen molar-refractivity contribution in [1.82, 2.24) is 20.2 Å². The van der Waals surface area contributed by atoms with Gasteiger partial charge >= 0.3 is 0 Å². The second-order valence-electron chi connectivity index (χ2n) is 11.8. The van der Waals surface area contributed by atoms with E-state index in [0.717, 1.165) is 31.6 Å². The van der Waals surface area contributed by atoms with E-state index in [1.54, 1.807) is 43.3 Å². The number of likely N-dealkylation sites (tertiary alicyclic amines) is 1. The molecule has 1 aliphatic carbocycles. The fraction of sp³-hybridized carbons (Fsp3) is 0.419. The Morgan fingerprint density at radius 1 is 1.15 bits per heavy atom. The van der Waals surface area contributed by atoms with Crippen LogP contribution in [0.15, 0.2) is 42.6 Å². The number of carbonyl (C=O) groups excluding carboxylic acids is 3. The summed E-state index contributed by atoms with van der Waals surface area (Å²) in [5.41, 5.74) is 2.88. The van der Waals surface area contributed by atoms with Gasteiger partial charge in [-0.3, -0.25) is 14.4 Å². The molecule has 1 aliphatic heterocycles. The summed E-state index contributed by atoms with van der Waals surface area (Å²) in [6, 6.07) is 9.22. The molecule has 2 aliphatic rings. The Kier molecular flexibility index (Phi) is 8.20. The zero-order valence-corrected chi connectivity index (χ0v) is 24.6. The van der Waals surface area contributed by atoms with Crippen molar-refractivity contribution < 1.29 is 19.1 Å². The van der Waals surface area contributed by atoms with E-state index < -0.39 is 17.9 Å². The molecule has 1 aromatic carbocycles. The highest BCUT2D eigenvalue weighted by atomic mass is 35.5. The van der Waals surface area contributed by atoms with E-state index >= 15 is 0 Å². The van der Waals surface area contributed by atoms with Crippen LogP contribution in [0.2, 0.25) is 5.02 Å². The lowest BCUT2D eigenvalue weighted by molar-refractivity contribution is -0.118. The molecule has 1 unspecified atom stereocenters.